The predicted molar refractivity (Wildman–Crippen MR) is 83.4 cm³/mol. The molecule has 0 aromatic heterocycles. The number of para-hydroxylation sites is 2. The molecule has 8 heteroatoms. The van der Waals surface area contributed by atoms with Gasteiger partial charge in [-0.15, -0.1) is 0 Å². The van der Waals surface area contributed by atoms with Gasteiger partial charge in [-0.2, -0.15) is 0 Å². The third-order valence-corrected chi connectivity index (χ3v) is 3.97. The highest BCUT2D eigenvalue weighted by atomic mass is 16.6. The van der Waals surface area contributed by atoms with Crippen LogP contribution in [0.5, 0.6) is 0 Å². The summed E-state index contributed by atoms with van der Waals surface area (Å²) in [5, 5.41) is 20.3. The topological polar surface area (TPSA) is 104 Å². The van der Waals surface area contributed by atoms with Crippen LogP contribution < -0.4 is 4.90 Å². The van der Waals surface area contributed by atoms with Crippen LogP contribution in [-0.4, -0.2) is 53.0 Å². The number of nitro groups is 1. The molecule has 1 amide bonds. The first-order chi connectivity index (χ1) is 10.9. The Kier molecular flexibility index (Phi) is 5.15. The Labute approximate surface area is 133 Å². The largest absolute Gasteiger partial charge is 0.480 e. The quantitative estimate of drug-likeness (QED) is 0.651. The number of carboxylic acid groups (broad SMARTS) is 1. The molecule has 0 radical (unpaired) electrons. The highest BCUT2D eigenvalue weighted by Gasteiger charge is 2.32. The molecule has 1 aromatic carbocycles. The number of nitrogens with zero attached hydrogens (tertiary/aromatic N) is 3. The number of nitro benzene ring substituents is 1. The molecule has 1 aliphatic rings. The Bertz CT molecular complexity index is 619. The maximum Gasteiger partial charge on any atom is 0.326 e. The molecule has 23 heavy (non-hydrogen) atoms. The van der Waals surface area contributed by atoms with Crippen LogP contribution in [0.1, 0.15) is 19.3 Å². The standard InChI is InChI=1S/C15H19N3O5/c1-16(11-6-2-3-7-12(11)18(22)23)10-14(19)17-9-5-4-8-13(17)15(20)21/h2-3,6-7,13H,4-5,8-10H2,1H3,(H,20,21)/t13-/m1/s1. The van der Waals surface area contributed by atoms with Gasteiger partial charge in [0.2, 0.25) is 5.91 Å². The number of benzene rings is 1. The van der Waals surface area contributed by atoms with Gasteiger partial charge in [0.05, 0.1) is 11.5 Å². The Morgan fingerprint density at radius 2 is 2.09 bits per heavy atom. The minimum atomic E-state index is -1.01. The van der Waals surface area contributed by atoms with Crippen molar-refractivity contribution in [2.45, 2.75) is 25.3 Å². The second kappa shape index (κ2) is 7.08. The van der Waals surface area contributed by atoms with Gasteiger partial charge >= 0.3 is 5.97 Å². The summed E-state index contributed by atoms with van der Waals surface area (Å²) in [5.74, 6) is -1.34. The number of rotatable bonds is 5. The molecule has 1 N–H and O–H groups in total. The lowest BCUT2D eigenvalue weighted by Crippen LogP contribution is -2.50. The van der Waals surface area contributed by atoms with Crippen LogP contribution in [0.15, 0.2) is 24.3 Å². The Morgan fingerprint density at radius 1 is 1.39 bits per heavy atom. The van der Waals surface area contributed by atoms with E-state index in [1.54, 1.807) is 25.2 Å². The number of carboxylic acids is 1. The number of likely N-dealkylation sites (tertiary alicyclic amines) is 1. The summed E-state index contributed by atoms with van der Waals surface area (Å²) in [6.45, 7) is 0.301. The fourth-order valence-corrected chi connectivity index (χ4v) is 2.81. The Balaban J connectivity index is 2.13. The summed E-state index contributed by atoms with van der Waals surface area (Å²) < 4.78 is 0. The van der Waals surface area contributed by atoms with Crippen molar-refractivity contribution in [2.75, 3.05) is 25.0 Å². The number of carbonyl (C=O) groups excluding carboxylic acids is 1. The predicted octanol–water partition coefficient (Wildman–Crippen LogP) is 1.50. The van der Waals surface area contributed by atoms with Crippen LogP contribution in [-0.2, 0) is 9.59 Å². The van der Waals surface area contributed by atoms with Gasteiger partial charge in [0.25, 0.3) is 5.69 Å². The summed E-state index contributed by atoms with van der Waals surface area (Å²) >= 11 is 0. The van der Waals surface area contributed by atoms with Crippen LogP contribution in [0.25, 0.3) is 0 Å². The first kappa shape index (κ1) is 16.7. The molecular formula is C15H19N3O5. The molecule has 0 unspecified atom stereocenters. The van der Waals surface area contributed by atoms with Crippen molar-refractivity contribution in [1.29, 1.82) is 0 Å². The highest BCUT2D eigenvalue weighted by Crippen LogP contribution is 2.27. The zero-order valence-corrected chi connectivity index (χ0v) is 12.8. The Morgan fingerprint density at radius 3 is 2.74 bits per heavy atom. The lowest BCUT2D eigenvalue weighted by Gasteiger charge is -2.34. The summed E-state index contributed by atoms with van der Waals surface area (Å²) in [6.07, 6.45) is 1.99. The number of hydrogen-bond donors (Lipinski definition) is 1. The molecule has 1 heterocycles. The summed E-state index contributed by atoms with van der Waals surface area (Å²) in [7, 11) is 1.58. The monoisotopic (exact) mass is 321 g/mol. The van der Waals surface area contributed by atoms with Crippen molar-refractivity contribution in [3.05, 3.63) is 34.4 Å². The van der Waals surface area contributed by atoms with Crippen LogP contribution in [0.4, 0.5) is 11.4 Å². The summed E-state index contributed by atoms with van der Waals surface area (Å²) in [4.78, 5) is 37.1. The molecule has 1 saturated heterocycles. The van der Waals surface area contributed by atoms with Gasteiger partial charge in [-0.25, -0.2) is 4.79 Å². The number of amides is 1. The van der Waals surface area contributed by atoms with E-state index in [0.717, 1.165) is 12.8 Å². The molecule has 1 aromatic rings. The normalized spacial score (nSPS) is 17.6. The second-order valence-electron chi connectivity index (χ2n) is 5.54. The van der Waals surface area contributed by atoms with Crippen molar-refractivity contribution >= 4 is 23.3 Å². The van der Waals surface area contributed by atoms with E-state index in [4.69, 9.17) is 0 Å². The zero-order valence-electron chi connectivity index (χ0n) is 12.8. The van der Waals surface area contributed by atoms with E-state index in [1.165, 1.54) is 15.9 Å². The average Bonchev–Trinajstić information content (AvgIpc) is 2.54. The second-order valence-corrected chi connectivity index (χ2v) is 5.54. The van der Waals surface area contributed by atoms with Gasteiger partial charge in [0, 0.05) is 19.7 Å². The first-order valence-corrected chi connectivity index (χ1v) is 7.38. The van der Waals surface area contributed by atoms with Gasteiger partial charge < -0.3 is 14.9 Å². The maximum absolute atomic E-state index is 12.4. The molecule has 0 spiro atoms. The number of anilines is 1. The van der Waals surface area contributed by atoms with Crippen molar-refractivity contribution in [3.63, 3.8) is 0 Å². The summed E-state index contributed by atoms with van der Waals surface area (Å²) in [6, 6.07) is 5.34. The molecule has 1 aliphatic heterocycles. The zero-order chi connectivity index (χ0) is 17.0. The number of aliphatic carboxylic acids is 1. The fourth-order valence-electron chi connectivity index (χ4n) is 2.81. The van der Waals surface area contributed by atoms with E-state index in [-0.39, 0.29) is 18.1 Å². The maximum atomic E-state index is 12.4. The molecule has 124 valence electrons. The van der Waals surface area contributed by atoms with Gasteiger partial charge in [-0.1, -0.05) is 12.1 Å². The minimum Gasteiger partial charge on any atom is -0.480 e. The lowest BCUT2D eigenvalue weighted by molar-refractivity contribution is -0.384. The third kappa shape index (κ3) is 3.77. The highest BCUT2D eigenvalue weighted by molar-refractivity contribution is 5.87. The molecule has 8 nitrogen and oxygen atoms in total. The average molecular weight is 321 g/mol. The van der Waals surface area contributed by atoms with Crippen LogP contribution in [0.3, 0.4) is 0 Å². The molecule has 0 saturated carbocycles. The molecule has 0 aliphatic carbocycles. The van der Waals surface area contributed by atoms with Gasteiger partial charge in [0.15, 0.2) is 0 Å². The van der Waals surface area contributed by atoms with E-state index in [2.05, 4.69) is 0 Å². The van der Waals surface area contributed by atoms with Crippen LogP contribution in [0, 0.1) is 10.1 Å². The lowest BCUT2D eigenvalue weighted by atomic mass is 10.0. The Hall–Kier alpha value is -2.64. The smallest absolute Gasteiger partial charge is 0.326 e. The van der Waals surface area contributed by atoms with Crippen LogP contribution >= 0.6 is 0 Å². The van der Waals surface area contributed by atoms with E-state index >= 15 is 0 Å². The molecule has 0 bridgehead atoms. The van der Waals surface area contributed by atoms with E-state index in [9.17, 15) is 24.8 Å². The van der Waals surface area contributed by atoms with Crippen molar-refractivity contribution in [2.24, 2.45) is 0 Å². The van der Waals surface area contributed by atoms with E-state index in [0.29, 0.717) is 18.7 Å². The van der Waals surface area contributed by atoms with Crippen molar-refractivity contribution in [3.8, 4) is 0 Å². The van der Waals surface area contributed by atoms with Gasteiger partial charge in [0.1, 0.15) is 11.7 Å². The first-order valence-electron chi connectivity index (χ1n) is 7.38. The fraction of sp³-hybridized carbons (Fsp3) is 0.467. The van der Waals surface area contributed by atoms with E-state index < -0.39 is 16.9 Å². The molecule has 1 fully saturated rings. The number of carbonyl (C=O) groups is 2. The third-order valence-electron chi connectivity index (χ3n) is 3.97. The van der Waals surface area contributed by atoms with Crippen LogP contribution in [0.2, 0.25) is 0 Å². The number of likely N-dealkylation sites (N-methyl/N-ethyl adjacent to an activating group) is 1. The van der Waals surface area contributed by atoms with Crippen molar-refractivity contribution < 1.29 is 19.6 Å². The molecule has 2 rings (SSSR count). The van der Waals surface area contributed by atoms with Gasteiger partial charge in [-0.05, 0) is 25.3 Å². The van der Waals surface area contributed by atoms with Crippen molar-refractivity contribution in [1.82, 2.24) is 4.90 Å². The minimum absolute atomic E-state index is 0.0868. The number of piperidine rings is 1. The van der Waals surface area contributed by atoms with E-state index in [1.807, 2.05) is 0 Å². The SMILES string of the molecule is CN(CC(=O)N1CCCC[C@@H]1C(=O)O)c1ccccc1[N+](=O)[O-]. The molecule has 1 atom stereocenters. The van der Waals surface area contributed by atoms with Gasteiger partial charge in [-0.3, -0.25) is 14.9 Å². The summed E-state index contributed by atoms with van der Waals surface area (Å²) in [5.41, 5.74) is 0.242. The molecular weight excluding hydrogens is 302 g/mol. The number of hydrogen-bond acceptors (Lipinski definition) is 5.